The molecule has 0 atom stereocenters. The van der Waals surface area contributed by atoms with E-state index in [2.05, 4.69) is 0 Å². The third-order valence-electron chi connectivity index (χ3n) is 12.8. The SMILES string of the molecule is CCc1cc2c(cc1CC)c1ccn3c4c(F)c(F)c(c(F)c4F)n4ccc5c6cc(CC)c(CC)cc6c6ccn(c7c(F)c(F)c(c(F)c7F)n7ccc2c7c13)c6c54. The number of aryl methyl sites for hydroxylation is 4. The summed E-state index contributed by atoms with van der Waals surface area (Å²) < 4.78 is 139. The summed E-state index contributed by atoms with van der Waals surface area (Å²) in [4.78, 5) is 0. The van der Waals surface area contributed by atoms with Crippen molar-refractivity contribution in [3.8, 4) is 0 Å². The fourth-order valence-corrected chi connectivity index (χ4v) is 9.96. The standard InChI is InChI=1S/C48H32F8N4/c1-5-21-17-29-25-9-13-57-41(25)42-26(30(29)18-22(21)6-2)10-14-58(42)46-37(53)39(55)48(40(56)38(46)54)60-16-12-28-32-20-24(8-4)23(7-3)19-31(32)27-11-15-59(43(27)44(28)60)47-35(51)33(49)45(57)34(50)36(47)52/h9-20H,5-8H2,1-4H3. The van der Waals surface area contributed by atoms with Gasteiger partial charge in [-0.3, -0.25) is 0 Å². The highest BCUT2D eigenvalue weighted by atomic mass is 19.2. The van der Waals surface area contributed by atoms with Crippen LogP contribution < -0.4 is 0 Å². The number of hydrogen-bond acceptors (Lipinski definition) is 0. The zero-order valence-electron chi connectivity index (χ0n) is 32.6. The van der Waals surface area contributed by atoms with Crippen molar-refractivity contribution in [2.75, 3.05) is 0 Å². The van der Waals surface area contributed by atoms with Crippen LogP contribution in [0.15, 0.2) is 73.3 Å². The quantitative estimate of drug-likeness (QED) is 0.124. The van der Waals surface area contributed by atoms with Crippen LogP contribution in [-0.4, -0.2) is 17.6 Å². The molecule has 0 radical (unpaired) electrons. The van der Waals surface area contributed by atoms with Crippen LogP contribution in [0.3, 0.4) is 0 Å². The van der Waals surface area contributed by atoms with Crippen LogP contribution in [0.25, 0.3) is 87.2 Å². The molecule has 0 spiro atoms. The Hall–Kier alpha value is -6.56. The maximum Gasteiger partial charge on any atom is 0.188 e. The van der Waals surface area contributed by atoms with Gasteiger partial charge in [-0.05, 0) is 93.7 Å². The van der Waals surface area contributed by atoms with Gasteiger partial charge in [-0.25, -0.2) is 35.1 Å². The largest absolute Gasteiger partial charge is 0.309 e. The number of fused-ring (bicyclic) bond motifs is 6. The van der Waals surface area contributed by atoms with Gasteiger partial charge in [0.25, 0.3) is 0 Å². The van der Waals surface area contributed by atoms with Crippen molar-refractivity contribution in [1.29, 1.82) is 0 Å². The molecule has 300 valence electrons. The average Bonchev–Trinajstić information content (AvgIpc) is 4.07. The lowest BCUT2D eigenvalue weighted by Gasteiger charge is -2.14. The highest BCUT2D eigenvalue weighted by Crippen LogP contribution is 2.43. The molecule has 0 unspecified atom stereocenters. The van der Waals surface area contributed by atoms with E-state index in [0.29, 0.717) is 68.8 Å². The van der Waals surface area contributed by atoms with E-state index in [4.69, 9.17) is 0 Å². The van der Waals surface area contributed by atoms with Crippen LogP contribution in [0.2, 0.25) is 0 Å². The molecule has 8 heterocycles. The lowest BCUT2D eigenvalue weighted by molar-refractivity contribution is 0.472. The van der Waals surface area contributed by atoms with Crippen LogP contribution in [0, 0.1) is 46.5 Å². The first-order chi connectivity index (χ1) is 28.9. The molecule has 14 rings (SSSR count). The van der Waals surface area contributed by atoms with Crippen molar-refractivity contribution >= 4 is 87.2 Å². The first kappa shape index (κ1) is 36.5. The number of hydrogen-bond donors (Lipinski definition) is 0. The number of halogens is 8. The van der Waals surface area contributed by atoms with Crippen molar-refractivity contribution in [1.82, 2.24) is 17.6 Å². The van der Waals surface area contributed by atoms with E-state index < -0.39 is 68.6 Å². The molecule has 8 aromatic heterocycles. The Morgan fingerprint density at radius 3 is 0.633 bits per heavy atom. The van der Waals surface area contributed by atoms with Gasteiger partial charge in [-0.15, -0.1) is 0 Å². The van der Waals surface area contributed by atoms with Gasteiger partial charge in [0, 0.05) is 46.3 Å². The first-order valence-electron chi connectivity index (χ1n) is 19.9. The molecule has 4 bridgehead atoms. The molecule has 0 aliphatic heterocycles. The molecule has 4 nitrogen and oxygen atoms in total. The minimum atomic E-state index is -1.73. The van der Waals surface area contributed by atoms with Crippen molar-refractivity contribution in [2.45, 2.75) is 53.4 Å². The maximum absolute atomic E-state index is 17.0. The molecule has 0 N–H and O–H groups in total. The highest BCUT2D eigenvalue weighted by Gasteiger charge is 2.29. The van der Waals surface area contributed by atoms with Crippen molar-refractivity contribution < 1.29 is 35.1 Å². The molecule has 0 aliphatic carbocycles. The second-order valence-corrected chi connectivity index (χ2v) is 15.4. The number of benzene rings is 6. The van der Waals surface area contributed by atoms with E-state index in [1.165, 1.54) is 49.1 Å². The van der Waals surface area contributed by atoms with Crippen LogP contribution in [0.5, 0.6) is 0 Å². The predicted molar refractivity (Wildman–Crippen MR) is 221 cm³/mol. The Morgan fingerprint density at radius 2 is 0.467 bits per heavy atom. The Morgan fingerprint density at radius 1 is 0.283 bits per heavy atom. The molecule has 0 fully saturated rings. The summed E-state index contributed by atoms with van der Waals surface area (Å²) in [6.07, 6.45) is 7.36. The summed E-state index contributed by atoms with van der Waals surface area (Å²) in [5.74, 6) is -13.9. The summed E-state index contributed by atoms with van der Waals surface area (Å²) in [6.45, 7) is 7.85. The van der Waals surface area contributed by atoms with E-state index >= 15 is 35.1 Å². The summed E-state index contributed by atoms with van der Waals surface area (Å²) in [5, 5.41) is 3.54. The highest BCUT2D eigenvalue weighted by molar-refractivity contribution is 6.26. The normalized spacial score (nSPS) is 12.6. The molecule has 6 aromatic carbocycles. The molecular formula is C48H32F8N4. The summed E-state index contributed by atoms with van der Waals surface area (Å²) in [6, 6.07) is 13.5. The number of rotatable bonds is 4. The van der Waals surface area contributed by atoms with E-state index in [0.717, 1.165) is 39.9 Å². The van der Waals surface area contributed by atoms with Crippen LogP contribution in [0.4, 0.5) is 35.1 Å². The summed E-state index contributed by atoms with van der Waals surface area (Å²) in [7, 11) is 0. The van der Waals surface area contributed by atoms with Crippen molar-refractivity contribution in [3.05, 3.63) is 142 Å². The second-order valence-electron chi connectivity index (χ2n) is 15.4. The second kappa shape index (κ2) is 12.5. The molecule has 14 aromatic rings. The van der Waals surface area contributed by atoms with Gasteiger partial charge in [0.05, 0.1) is 22.1 Å². The Bertz CT molecular complexity index is 3250. The van der Waals surface area contributed by atoms with Gasteiger partial charge in [0.1, 0.15) is 22.1 Å². The van der Waals surface area contributed by atoms with Crippen molar-refractivity contribution in [3.63, 3.8) is 0 Å². The third-order valence-corrected chi connectivity index (χ3v) is 12.8. The number of nitrogens with zero attached hydrogens (tertiary/aromatic N) is 4. The topological polar surface area (TPSA) is 17.6 Å². The van der Waals surface area contributed by atoms with Gasteiger partial charge >= 0.3 is 0 Å². The lowest BCUT2D eigenvalue weighted by atomic mass is 9.94. The lowest BCUT2D eigenvalue weighted by Crippen LogP contribution is -2.06. The fraction of sp³-hybridized carbons (Fsp3) is 0.167. The summed E-state index contributed by atoms with van der Waals surface area (Å²) >= 11 is 0. The smallest absolute Gasteiger partial charge is 0.188 e. The fourth-order valence-electron chi connectivity index (χ4n) is 9.96. The molecular weight excluding hydrogens is 785 g/mol. The monoisotopic (exact) mass is 816 g/mol. The molecule has 60 heavy (non-hydrogen) atoms. The predicted octanol–water partition coefficient (Wildman–Crippen LogP) is 13.5. The third kappa shape index (κ3) is 4.35. The van der Waals surface area contributed by atoms with Gasteiger partial charge in [-0.1, -0.05) is 52.0 Å². The van der Waals surface area contributed by atoms with Gasteiger partial charge in [0.15, 0.2) is 46.5 Å². The van der Waals surface area contributed by atoms with Crippen LogP contribution in [0.1, 0.15) is 49.9 Å². The van der Waals surface area contributed by atoms with Crippen LogP contribution >= 0.6 is 0 Å². The zero-order valence-corrected chi connectivity index (χ0v) is 32.6. The Balaban J connectivity index is 1.51. The Kier molecular flexibility index (Phi) is 7.60. The van der Waals surface area contributed by atoms with Crippen LogP contribution in [-0.2, 0) is 25.7 Å². The zero-order chi connectivity index (χ0) is 41.8. The minimum Gasteiger partial charge on any atom is -0.309 e. The molecule has 0 saturated carbocycles. The van der Waals surface area contributed by atoms with Crippen molar-refractivity contribution in [2.24, 2.45) is 0 Å². The molecule has 0 aliphatic rings. The average molecular weight is 817 g/mol. The molecule has 12 heteroatoms. The molecule has 0 saturated heterocycles. The number of aromatic nitrogens is 4. The van der Waals surface area contributed by atoms with Gasteiger partial charge in [-0.2, -0.15) is 0 Å². The maximum atomic E-state index is 17.0. The Labute approximate surface area is 334 Å². The first-order valence-corrected chi connectivity index (χ1v) is 19.9. The van der Waals surface area contributed by atoms with Gasteiger partial charge < -0.3 is 17.6 Å². The minimum absolute atomic E-state index is 0.112. The van der Waals surface area contributed by atoms with E-state index in [1.807, 2.05) is 52.0 Å². The molecule has 0 amide bonds. The summed E-state index contributed by atoms with van der Waals surface area (Å²) in [5.41, 5.74) is -1.12. The van der Waals surface area contributed by atoms with E-state index in [-0.39, 0.29) is 22.1 Å². The van der Waals surface area contributed by atoms with Gasteiger partial charge in [0.2, 0.25) is 0 Å². The van der Waals surface area contributed by atoms with E-state index in [9.17, 15) is 0 Å². The van der Waals surface area contributed by atoms with E-state index in [1.54, 1.807) is 0 Å².